The van der Waals surface area contributed by atoms with Gasteiger partial charge in [0, 0.05) is 0 Å². The van der Waals surface area contributed by atoms with E-state index in [1.807, 2.05) is 25.2 Å². The summed E-state index contributed by atoms with van der Waals surface area (Å²) in [6.07, 6.45) is 10.1. The zero-order chi connectivity index (χ0) is 11.8. The molecule has 15 heavy (non-hydrogen) atoms. The summed E-state index contributed by atoms with van der Waals surface area (Å²) in [6.45, 7) is 16.0. The highest BCUT2D eigenvalue weighted by atomic mass is 14.1. The fraction of sp³-hybridized carbons (Fsp3) is 0.333. The maximum absolute atomic E-state index is 3.88. The molecule has 0 N–H and O–H groups in total. The second kappa shape index (κ2) is 7.05. The lowest BCUT2D eigenvalue weighted by Gasteiger charge is -2.13. The summed E-state index contributed by atoms with van der Waals surface area (Å²) in [5.74, 6) is 0.417. The molecule has 0 saturated heterocycles. The van der Waals surface area contributed by atoms with Gasteiger partial charge in [0.25, 0.3) is 0 Å². The Morgan fingerprint density at radius 3 is 2.20 bits per heavy atom. The van der Waals surface area contributed by atoms with Gasteiger partial charge in [-0.3, -0.25) is 0 Å². The summed E-state index contributed by atoms with van der Waals surface area (Å²) in [5, 5.41) is 0. The number of rotatable bonds is 5. The van der Waals surface area contributed by atoms with E-state index >= 15 is 0 Å². The highest BCUT2D eigenvalue weighted by Gasteiger charge is 2.06. The van der Waals surface area contributed by atoms with Crippen molar-refractivity contribution in [2.24, 2.45) is 5.92 Å². The van der Waals surface area contributed by atoms with Crippen molar-refractivity contribution in [3.63, 3.8) is 0 Å². The maximum atomic E-state index is 3.88. The molecular weight excluding hydrogens is 180 g/mol. The van der Waals surface area contributed by atoms with Crippen LogP contribution in [0.3, 0.4) is 0 Å². The average Bonchev–Trinajstić information content (AvgIpc) is 2.19. The molecule has 0 aromatic heterocycles. The van der Waals surface area contributed by atoms with E-state index in [-0.39, 0.29) is 0 Å². The Balaban J connectivity index is 5.22. The van der Waals surface area contributed by atoms with Crippen LogP contribution < -0.4 is 0 Å². The van der Waals surface area contributed by atoms with Crippen LogP contribution in [-0.2, 0) is 0 Å². The first kappa shape index (κ1) is 13.7. The van der Waals surface area contributed by atoms with Crippen LogP contribution in [0, 0.1) is 5.92 Å². The minimum absolute atomic E-state index is 0.417. The first-order valence-electron chi connectivity index (χ1n) is 5.34. The summed E-state index contributed by atoms with van der Waals surface area (Å²) in [6, 6.07) is 0. The molecule has 1 atom stereocenters. The second-order valence-electron chi connectivity index (χ2n) is 3.68. The first-order chi connectivity index (χ1) is 7.08. The van der Waals surface area contributed by atoms with Crippen molar-refractivity contribution >= 4 is 0 Å². The molecule has 0 aliphatic carbocycles. The predicted molar refractivity (Wildman–Crippen MR) is 70.8 cm³/mol. The molecule has 0 aromatic rings. The second-order valence-corrected chi connectivity index (χ2v) is 3.68. The summed E-state index contributed by atoms with van der Waals surface area (Å²) in [5.41, 5.74) is 3.82. The van der Waals surface area contributed by atoms with E-state index in [1.54, 1.807) is 0 Å². The van der Waals surface area contributed by atoms with Crippen LogP contribution >= 0.6 is 0 Å². The Morgan fingerprint density at radius 2 is 1.80 bits per heavy atom. The first-order valence-corrected chi connectivity index (χ1v) is 5.34. The van der Waals surface area contributed by atoms with E-state index in [0.29, 0.717) is 5.92 Å². The van der Waals surface area contributed by atoms with E-state index in [4.69, 9.17) is 0 Å². The molecule has 0 aromatic carbocycles. The zero-order valence-corrected chi connectivity index (χ0v) is 10.4. The molecule has 0 bridgehead atoms. The van der Waals surface area contributed by atoms with Gasteiger partial charge in [-0.2, -0.15) is 0 Å². The Kier molecular flexibility index (Phi) is 6.44. The molecule has 0 aliphatic rings. The highest BCUT2D eigenvalue weighted by molar-refractivity contribution is 5.40. The molecule has 0 amide bonds. The molecule has 0 rings (SSSR count). The average molecular weight is 202 g/mol. The Labute approximate surface area is 94.4 Å². The van der Waals surface area contributed by atoms with E-state index < -0.39 is 0 Å². The molecule has 0 aliphatic heterocycles. The van der Waals surface area contributed by atoms with Crippen LogP contribution in [-0.4, -0.2) is 0 Å². The van der Waals surface area contributed by atoms with Gasteiger partial charge in [-0.15, -0.1) is 0 Å². The van der Waals surface area contributed by atoms with Crippen molar-refractivity contribution in [2.75, 3.05) is 0 Å². The van der Waals surface area contributed by atoms with E-state index in [0.717, 1.165) is 0 Å². The third-order valence-corrected chi connectivity index (χ3v) is 2.58. The van der Waals surface area contributed by atoms with Crippen molar-refractivity contribution in [2.45, 2.75) is 27.7 Å². The lowest BCUT2D eigenvalue weighted by Crippen LogP contribution is -1.97. The van der Waals surface area contributed by atoms with Gasteiger partial charge in [0.2, 0.25) is 0 Å². The van der Waals surface area contributed by atoms with Gasteiger partial charge in [0.05, 0.1) is 0 Å². The fourth-order valence-electron chi connectivity index (χ4n) is 1.60. The smallest absolute Gasteiger partial charge is 0.000804 e. The van der Waals surface area contributed by atoms with E-state index in [2.05, 4.69) is 46.1 Å². The van der Waals surface area contributed by atoms with Crippen molar-refractivity contribution in [3.8, 4) is 0 Å². The summed E-state index contributed by atoms with van der Waals surface area (Å²) in [7, 11) is 0. The molecule has 0 radical (unpaired) electrons. The molecule has 82 valence electrons. The van der Waals surface area contributed by atoms with Gasteiger partial charge in [0.1, 0.15) is 0 Å². The molecule has 0 saturated carbocycles. The topological polar surface area (TPSA) is 0 Å². The Morgan fingerprint density at radius 1 is 1.20 bits per heavy atom. The minimum atomic E-state index is 0.417. The lowest BCUT2D eigenvalue weighted by molar-refractivity contribution is 0.874. The number of hydrogen-bond acceptors (Lipinski definition) is 0. The van der Waals surface area contributed by atoms with Crippen LogP contribution in [0.15, 0.2) is 60.3 Å². The summed E-state index contributed by atoms with van der Waals surface area (Å²) >= 11 is 0. The van der Waals surface area contributed by atoms with Crippen LogP contribution in [0.1, 0.15) is 27.7 Å². The molecular formula is C15H22. The third kappa shape index (κ3) is 4.16. The van der Waals surface area contributed by atoms with Crippen molar-refractivity contribution in [1.29, 1.82) is 0 Å². The van der Waals surface area contributed by atoms with Crippen molar-refractivity contribution < 1.29 is 0 Å². The molecule has 1 unspecified atom stereocenters. The zero-order valence-electron chi connectivity index (χ0n) is 10.4. The Bertz CT molecular complexity index is 311. The van der Waals surface area contributed by atoms with Crippen LogP contribution in [0.25, 0.3) is 0 Å². The monoisotopic (exact) mass is 202 g/mol. The molecule has 0 fully saturated rings. The highest BCUT2D eigenvalue weighted by Crippen LogP contribution is 2.22. The number of allylic oxidation sites excluding steroid dienone is 8. The van der Waals surface area contributed by atoms with E-state index in [1.165, 1.54) is 16.7 Å². The van der Waals surface area contributed by atoms with Gasteiger partial charge >= 0.3 is 0 Å². The van der Waals surface area contributed by atoms with Crippen molar-refractivity contribution in [1.82, 2.24) is 0 Å². The molecule has 0 nitrogen and oxygen atoms in total. The maximum Gasteiger partial charge on any atom is -0.000804 e. The van der Waals surface area contributed by atoms with Gasteiger partial charge in [-0.05, 0) is 43.4 Å². The van der Waals surface area contributed by atoms with Crippen LogP contribution in [0.4, 0.5) is 0 Å². The summed E-state index contributed by atoms with van der Waals surface area (Å²) in [4.78, 5) is 0. The quantitative estimate of drug-likeness (QED) is 0.442. The van der Waals surface area contributed by atoms with Crippen LogP contribution in [0.2, 0.25) is 0 Å². The number of hydrogen-bond donors (Lipinski definition) is 0. The van der Waals surface area contributed by atoms with Gasteiger partial charge in [0.15, 0.2) is 0 Å². The molecule has 0 spiro atoms. The fourth-order valence-corrected chi connectivity index (χ4v) is 1.60. The lowest BCUT2D eigenvalue weighted by atomic mass is 9.92. The SMILES string of the molecule is C=C/C=C(C)/C(C)=C(\C=C)C(C)/C=C\C. The summed E-state index contributed by atoms with van der Waals surface area (Å²) < 4.78 is 0. The van der Waals surface area contributed by atoms with E-state index in [9.17, 15) is 0 Å². The normalized spacial score (nSPS) is 16.1. The predicted octanol–water partition coefficient (Wildman–Crippen LogP) is 4.83. The molecule has 0 heterocycles. The van der Waals surface area contributed by atoms with Gasteiger partial charge in [-0.25, -0.2) is 0 Å². The van der Waals surface area contributed by atoms with Crippen LogP contribution in [0.5, 0.6) is 0 Å². The Hall–Kier alpha value is -1.30. The van der Waals surface area contributed by atoms with Crippen molar-refractivity contribution in [3.05, 3.63) is 60.3 Å². The van der Waals surface area contributed by atoms with Gasteiger partial charge in [-0.1, -0.05) is 50.5 Å². The molecule has 0 heteroatoms. The standard InChI is InChI=1S/C15H22/c1-7-10-12(4)14(6)15(9-3)13(5)11-8-2/h7-11,13H,1,3H2,2,4-6H3/b11-8-,12-10+,15-14+. The van der Waals surface area contributed by atoms with Gasteiger partial charge < -0.3 is 0 Å². The third-order valence-electron chi connectivity index (χ3n) is 2.58. The minimum Gasteiger partial charge on any atom is -0.0991 e. The largest absolute Gasteiger partial charge is 0.0991 e.